The van der Waals surface area contributed by atoms with Gasteiger partial charge in [0.1, 0.15) is 4.21 Å². The minimum Gasteiger partial charge on any atom is -0.348 e. The van der Waals surface area contributed by atoms with Crippen molar-refractivity contribution in [1.29, 1.82) is 0 Å². The van der Waals surface area contributed by atoms with Crippen molar-refractivity contribution in [2.24, 2.45) is 0 Å². The zero-order valence-electron chi connectivity index (χ0n) is 13.0. The van der Waals surface area contributed by atoms with Crippen LogP contribution in [0.25, 0.3) is 0 Å². The predicted octanol–water partition coefficient (Wildman–Crippen LogP) is 2.83. The molecule has 0 bridgehead atoms. The number of nitrogens with zero attached hydrogens (tertiary/aromatic N) is 1. The van der Waals surface area contributed by atoms with Gasteiger partial charge in [0.15, 0.2) is 0 Å². The van der Waals surface area contributed by atoms with E-state index in [0.29, 0.717) is 4.34 Å². The SMILES string of the molecule is CN(CC(=O)N[C@H]1CCc2ccccc21)S(=O)(=O)c1ccc(Cl)s1. The van der Waals surface area contributed by atoms with Crippen LogP contribution in [0.1, 0.15) is 23.6 Å². The lowest BCUT2D eigenvalue weighted by Gasteiger charge is -2.18. The van der Waals surface area contributed by atoms with Gasteiger partial charge in [-0.15, -0.1) is 11.3 Å². The average Bonchev–Trinajstić information content (AvgIpc) is 3.14. The second-order valence-corrected chi connectivity index (χ2v) is 9.66. The molecule has 0 unspecified atom stereocenters. The Bertz CT molecular complexity index is 864. The molecule has 5 nitrogen and oxygen atoms in total. The molecule has 0 saturated carbocycles. The zero-order chi connectivity index (χ0) is 17.3. The van der Waals surface area contributed by atoms with Gasteiger partial charge in [0.05, 0.1) is 16.9 Å². The maximum atomic E-state index is 12.4. The summed E-state index contributed by atoms with van der Waals surface area (Å²) in [6.07, 6.45) is 1.75. The smallest absolute Gasteiger partial charge is 0.252 e. The Morgan fingerprint density at radius 3 is 2.79 bits per heavy atom. The van der Waals surface area contributed by atoms with E-state index in [0.717, 1.165) is 34.0 Å². The van der Waals surface area contributed by atoms with Crippen LogP contribution >= 0.6 is 22.9 Å². The van der Waals surface area contributed by atoms with Crippen LogP contribution in [0.2, 0.25) is 4.34 Å². The van der Waals surface area contributed by atoms with Crippen LogP contribution in [0.3, 0.4) is 0 Å². The third-order valence-electron chi connectivity index (χ3n) is 4.05. The van der Waals surface area contributed by atoms with Crippen molar-refractivity contribution < 1.29 is 13.2 Å². The molecule has 8 heteroatoms. The Morgan fingerprint density at radius 1 is 1.33 bits per heavy atom. The Hall–Kier alpha value is -1.41. The summed E-state index contributed by atoms with van der Waals surface area (Å²) >= 11 is 6.77. The number of hydrogen-bond acceptors (Lipinski definition) is 4. The van der Waals surface area contributed by atoms with Gasteiger partial charge in [-0.05, 0) is 36.1 Å². The number of fused-ring (bicyclic) bond motifs is 1. The molecular formula is C16H17ClN2O3S2. The minimum atomic E-state index is -3.70. The number of aryl methyl sites for hydroxylation is 1. The lowest BCUT2D eigenvalue weighted by molar-refractivity contribution is -0.121. The summed E-state index contributed by atoms with van der Waals surface area (Å²) in [6.45, 7) is -0.226. The average molecular weight is 385 g/mol. The van der Waals surface area contributed by atoms with E-state index >= 15 is 0 Å². The second-order valence-electron chi connectivity index (χ2n) is 5.68. The summed E-state index contributed by atoms with van der Waals surface area (Å²) in [5.74, 6) is -0.314. The number of nitrogens with one attached hydrogen (secondary N) is 1. The number of sulfonamides is 1. The van der Waals surface area contributed by atoms with Crippen molar-refractivity contribution in [1.82, 2.24) is 9.62 Å². The fourth-order valence-electron chi connectivity index (χ4n) is 2.82. The van der Waals surface area contributed by atoms with Gasteiger partial charge in [-0.3, -0.25) is 4.79 Å². The first-order valence-corrected chi connectivity index (χ1v) is 10.1. The van der Waals surface area contributed by atoms with Crippen LogP contribution in [0.15, 0.2) is 40.6 Å². The van der Waals surface area contributed by atoms with E-state index in [-0.39, 0.29) is 22.7 Å². The van der Waals surface area contributed by atoms with E-state index in [1.54, 1.807) is 0 Å². The van der Waals surface area contributed by atoms with Crippen molar-refractivity contribution in [3.05, 3.63) is 51.9 Å². The largest absolute Gasteiger partial charge is 0.348 e. The zero-order valence-corrected chi connectivity index (χ0v) is 15.4. The van der Waals surface area contributed by atoms with Gasteiger partial charge < -0.3 is 5.32 Å². The maximum Gasteiger partial charge on any atom is 0.252 e. The van der Waals surface area contributed by atoms with Crippen molar-refractivity contribution >= 4 is 38.9 Å². The van der Waals surface area contributed by atoms with Crippen LogP contribution in [0.4, 0.5) is 0 Å². The van der Waals surface area contributed by atoms with Gasteiger partial charge in [-0.2, -0.15) is 4.31 Å². The fraction of sp³-hybridized carbons (Fsp3) is 0.312. The molecule has 0 radical (unpaired) electrons. The van der Waals surface area contributed by atoms with E-state index < -0.39 is 10.0 Å². The first-order valence-electron chi connectivity index (χ1n) is 7.47. The van der Waals surface area contributed by atoms with Crippen molar-refractivity contribution in [3.63, 3.8) is 0 Å². The Morgan fingerprint density at radius 2 is 2.08 bits per heavy atom. The number of likely N-dealkylation sites (N-methyl/N-ethyl adjacent to an activating group) is 1. The van der Waals surface area contributed by atoms with Crippen LogP contribution < -0.4 is 5.32 Å². The first kappa shape index (κ1) is 17.4. The molecule has 1 N–H and O–H groups in total. The summed E-state index contributed by atoms with van der Waals surface area (Å²) in [5.41, 5.74) is 2.35. The molecule has 1 atom stereocenters. The van der Waals surface area contributed by atoms with E-state index in [9.17, 15) is 13.2 Å². The fourth-order valence-corrected chi connectivity index (χ4v) is 5.64. The molecular weight excluding hydrogens is 368 g/mol. The lowest BCUT2D eigenvalue weighted by atomic mass is 10.1. The second kappa shape index (κ2) is 6.84. The van der Waals surface area contributed by atoms with Gasteiger partial charge in [-0.1, -0.05) is 35.9 Å². The van der Waals surface area contributed by atoms with E-state index in [2.05, 4.69) is 11.4 Å². The number of carbonyl (C=O) groups excluding carboxylic acids is 1. The molecule has 1 aliphatic rings. The number of amides is 1. The molecule has 0 aliphatic heterocycles. The Balaban J connectivity index is 1.65. The molecule has 0 fully saturated rings. The quantitative estimate of drug-likeness (QED) is 0.861. The molecule has 1 heterocycles. The first-order chi connectivity index (χ1) is 11.4. The van der Waals surface area contributed by atoms with Crippen LogP contribution in [-0.4, -0.2) is 32.2 Å². The highest BCUT2D eigenvalue weighted by Gasteiger charge is 2.27. The predicted molar refractivity (Wildman–Crippen MR) is 94.8 cm³/mol. The third-order valence-corrected chi connectivity index (χ3v) is 7.55. The standard InChI is InChI=1S/C16H17ClN2O3S2/c1-19(24(21,22)16-9-8-14(17)23-16)10-15(20)18-13-7-6-11-4-2-3-5-12(11)13/h2-5,8-9,13H,6-7,10H2,1H3,(H,18,20)/t13-/m0/s1. The third kappa shape index (κ3) is 3.49. The summed E-state index contributed by atoms with van der Waals surface area (Å²) in [5, 5.41) is 2.93. The van der Waals surface area contributed by atoms with Crippen LogP contribution in [0.5, 0.6) is 0 Å². The van der Waals surface area contributed by atoms with E-state index in [1.807, 2.05) is 18.2 Å². The normalized spacial score (nSPS) is 17.0. The monoisotopic (exact) mass is 384 g/mol. The number of halogens is 1. The molecule has 1 amide bonds. The van der Waals surface area contributed by atoms with Gasteiger partial charge in [0.25, 0.3) is 10.0 Å². The van der Waals surface area contributed by atoms with Crippen molar-refractivity contribution in [2.75, 3.05) is 13.6 Å². The summed E-state index contributed by atoms with van der Waals surface area (Å²) in [7, 11) is -2.31. The van der Waals surface area contributed by atoms with Gasteiger partial charge in [-0.25, -0.2) is 8.42 Å². The molecule has 1 aliphatic carbocycles. The highest BCUT2D eigenvalue weighted by molar-refractivity contribution is 7.91. The topological polar surface area (TPSA) is 66.5 Å². The number of hydrogen-bond donors (Lipinski definition) is 1. The molecule has 0 saturated heterocycles. The molecule has 3 rings (SSSR count). The summed E-state index contributed by atoms with van der Waals surface area (Å²) < 4.78 is 26.4. The summed E-state index contributed by atoms with van der Waals surface area (Å²) in [6, 6.07) is 10.9. The van der Waals surface area contributed by atoms with Gasteiger partial charge in [0, 0.05) is 7.05 Å². The molecule has 2 aromatic rings. The molecule has 1 aromatic carbocycles. The van der Waals surface area contributed by atoms with Crippen molar-refractivity contribution in [2.45, 2.75) is 23.1 Å². The number of benzene rings is 1. The van der Waals surface area contributed by atoms with Gasteiger partial charge in [0.2, 0.25) is 5.91 Å². The molecule has 128 valence electrons. The number of carbonyl (C=O) groups is 1. The maximum absolute atomic E-state index is 12.4. The molecule has 1 aromatic heterocycles. The van der Waals surface area contributed by atoms with Crippen LogP contribution in [0, 0.1) is 0 Å². The van der Waals surface area contributed by atoms with E-state index in [1.165, 1.54) is 24.7 Å². The number of thiophene rings is 1. The molecule has 24 heavy (non-hydrogen) atoms. The highest BCUT2D eigenvalue weighted by atomic mass is 35.5. The van der Waals surface area contributed by atoms with E-state index in [4.69, 9.17) is 11.6 Å². The van der Waals surface area contributed by atoms with Crippen LogP contribution in [-0.2, 0) is 21.2 Å². The van der Waals surface area contributed by atoms with Crippen molar-refractivity contribution in [3.8, 4) is 0 Å². The number of rotatable bonds is 5. The Kier molecular flexibility index (Phi) is 4.96. The minimum absolute atomic E-state index is 0.0546. The highest BCUT2D eigenvalue weighted by Crippen LogP contribution is 2.31. The Labute approximate surface area is 150 Å². The lowest BCUT2D eigenvalue weighted by Crippen LogP contribution is -2.39. The molecule has 0 spiro atoms. The summed E-state index contributed by atoms with van der Waals surface area (Å²) in [4.78, 5) is 12.3. The van der Waals surface area contributed by atoms with Gasteiger partial charge >= 0.3 is 0 Å².